The summed E-state index contributed by atoms with van der Waals surface area (Å²) in [4.78, 5) is 48.6. The van der Waals surface area contributed by atoms with Crippen LogP contribution in [0, 0.1) is 29.2 Å². The molecule has 1 aliphatic rings. The number of carbonyl (C=O) groups excluding carboxylic acids is 4. The van der Waals surface area contributed by atoms with Crippen molar-refractivity contribution in [3.63, 3.8) is 0 Å². The van der Waals surface area contributed by atoms with Gasteiger partial charge in [0.25, 0.3) is 0 Å². The molecular formula is C22H27F4N3O6. The van der Waals surface area contributed by atoms with Crippen LogP contribution < -0.4 is 20.7 Å². The Bertz CT molecular complexity index is 946. The number of amides is 3. The Hall–Kier alpha value is -3.22. The first-order valence-corrected chi connectivity index (χ1v) is 11.1. The summed E-state index contributed by atoms with van der Waals surface area (Å²) in [5.41, 5.74) is -1.24. The Labute approximate surface area is 198 Å². The van der Waals surface area contributed by atoms with Crippen molar-refractivity contribution < 1.29 is 46.6 Å². The van der Waals surface area contributed by atoms with Gasteiger partial charge in [-0.2, -0.15) is 8.78 Å². The number of hydrogen-bond acceptors (Lipinski definition) is 6. The molecule has 4 N–H and O–H groups in total. The second kappa shape index (κ2) is 13.0. The van der Waals surface area contributed by atoms with Crippen LogP contribution in [-0.4, -0.2) is 54.3 Å². The molecule has 0 radical (unpaired) electrons. The van der Waals surface area contributed by atoms with Crippen molar-refractivity contribution >= 4 is 23.5 Å². The lowest BCUT2D eigenvalue weighted by molar-refractivity contribution is -0.130. The number of aliphatic hydroxyl groups is 1. The van der Waals surface area contributed by atoms with E-state index in [2.05, 4.69) is 16.0 Å². The molecule has 2 unspecified atom stereocenters. The number of benzene rings is 1. The zero-order chi connectivity index (χ0) is 26.1. The van der Waals surface area contributed by atoms with Crippen molar-refractivity contribution in [3.05, 3.63) is 28.8 Å². The summed E-state index contributed by atoms with van der Waals surface area (Å²) in [6.45, 7) is -0.607. The van der Waals surface area contributed by atoms with Gasteiger partial charge in [0.2, 0.25) is 29.4 Å². The number of ketones is 1. The molecule has 9 nitrogen and oxygen atoms in total. The van der Waals surface area contributed by atoms with Crippen LogP contribution in [0.25, 0.3) is 0 Å². The van der Waals surface area contributed by atoms with Gasteiger partial charge in [-0.3, -0.25) is 19.2 Å². The zero-order valence-electron chi connectivity index (χ0n) is 19.0. The Kier molecular flexibility index (Phi) is 10.4. The average Bonchev–Trinajstić information content (AvgIpc) is 3.24. The van der Waals surface area contributed by atoms with Crippen LogP contribution in [0.1, 0.15) is 44.6 Å². The third kappa shape index (κ3) is 7.38. The van der Waals surface area contributed by atoms with Crippen molar-refractivity contribution in [1.82, 2.24) is 16.0 Å². The number of Topliss-reactive ketones (excluding diaryl/α,β-unsaturated/α-hetero) is 1. The van der Waals surface area contributed by atoms with Gasteiger partial charge in [-0.25, -0.2) is 8.78 Å². The largest absolute Gasteiger partial charge is 0.479 e. The quantitative estimate of drug-likeness (QED) is 0.234. The van der Waals surface area contributed by atoms with Gasteiger partial charge in [-0.15, -0.1) is 0 Å². The van der Waals surface area contributed by atoms with Crippen molar-refractivity contribution in [2.45, 2.75) is 51.7 Å². The predicted octanol–water partition coefficient (Wildman–Crippen LogP) is 1.00. The monoisotopic (exact) mass is 505 g/mol. The molecule has 2 rings (SSSR count). The lowest BCUT2D eigenvalue weighted by atomic mass is 9.96. The van der Waals surface area contributed by atoms with E-state index < -0.39 is 78.0 Å². The maximum absolute atomic E-state index is 14.1. The lowest BCUT2D eigenvalue weighted by Crippen LogP contribution is -2.48. The van der Waals surface area contributed by atoms with Gasteiger partial charge >= 0.3 is 0 Å². The summed E-state index contributed by atoms with van der Waals surface area (Å²) in [5.74, 6) is -12.2. The highest BCUT2D eigenvalue weighted by atomic mass is 19.2. The molecule has 0 saturated carbocycles. The molecule has 0 aromatic heterocycles. The van der Waals surface area contributed by atoms with E-state index in [9.17, 15) is 36.7 Å². The van der Waals surface area contributed by atoms with Crippen molar-refractivity contribution in [2.75, 3.05) is 19.7 Å². The number of rotatable bonds is 13. The van der Waals surface area contributed by atoms with Crippen LogP contribution in [0.15, 0.2) is 0 Å². The van der Waals surface area contributed by atoms with Crippen LogP contribution in [-0.2, 0) is 25.8 Å². The van der Waals surface area contributed by atoms with Crippen LogP contribution in [0.5, 0.6) is 5.75 Å². The zero-order valence-corrected chi connectivity index (χ0v) is 19.0. The summed E-state index contributed by atoms with van der Waals surface area (Å²) < 4.78 is 60.6. The fourth-order valence-electron chi connectivity index (χ4n) is 3.44. The molecule has 0 spiro atoms. The molecule has 1 aromatic carbocycles. The maximum atomic E-state index is 14.1. The van der Waals surface area contributed by atoms with Gasteiger partial charge in [0, 0.05) is 18.9 Å². The van der Waals surface area contributed by atoms with E-state index in [0.717, 1.165) is 6.42 Å². The highest BCUT2D eigenvalue weighted by Crippen LogP contribution is 2.30. The van der Waals surface area contributed by atoms with Gasteiger partial charge in [-0.05, 0) is 19.3 Å². The number of hydrogen-bond donors (Lipinski definition) is 4. The second-order valence-electron chi connectivity index (χ2n) is 7.99. The van der Waals surface area contributed by atoms with Crippen LogP contribution in [0.4, 0.5) is 17.6 Å². The molecule has 194 valence electrons. The Morgan fingerprint density at radius 2 is 1.77 bits per heavy atom. The molecule has 1 aliphatic heterocycles. The first kappa shape index (κ1) is 28.0. The maximum Gasteiger partial charge on any atom is 0.239 e. The fraction of sp³-hybridized carbons (Fsp3) is 0.545. The molecular weight excluding hydrogens is 478 g/mol. The average molecular weight is 505 g/mol. The fourth-order valence-corrected chi connectivity index (χ4v) is 3.44. The van der Waals surface area contributed by atoms with E-state index >= 15 is 0 Å². The van der Waals surface area contributed by atoms with E-state index in [0.29, 0.717) is 19.4 Å². The highest BCUT2D eigenvalue weighted by molar-refractivity contribution is 5.92. The van der Waals surface area contributed by atoms with Gasteiger partial charge in [0.1, 0.15) is 6.61 Å². The van der Waals surface area contributed by atoms with Gasteiger partial charge in [0.15, 0.2) is 23.2 Å². The molecule has 3 amide bonds. The SMILES string of the molecule is CCCCC(=O)NCC(=O)NC(CC1CCNC1=O)C(=O)COc1c(F)c(F)c(CO)c(F)c1F. The molecule has 35 heavy (non-hydrogen) atoms. The second-order valence-corrected chi connectivity index (χ2v) is 7.99. The number of ether oxygens (including phenoxy) is 1. The summed E-state index contributed by atoms with van der Waals surface area (Å²) in [7, 11) is 0. The molecule has 1 fully saturated rings. The summed E-state index contributed by atoms with van der Waals surface area (Å²) in [5, 5.41) is 16.2. The predicted molar refractivity (Wildman–Crippen MR) is 113 cm³/mol. The first-order chi connectivity index (χ1) is 16.6. The molecule has 0 bridgehead atoms. The molecule has 13 heteroatoms. The van der Waals surface area contributed by atoms with Gasteiger partial charge in [-0.1, -0.05) is 13.3 Å². The molecule has 1 heterocycles. The molecule has 1 aromatic rings. The van der Waals surface area contributed by atoms with E-state index in [4.69, 9.17) is 9.84 Å². The smallest absolute Gasteiger partial charge is 0.239 e. The normalized spacial score (nSPS) is 15.9. The van der Waals surface area contributed by atoms with Crippen molar-refractivity contribution in [3.8, 4) is 5.75 Å². The number of carbonyl (C=O) groups is 4. The Morgan fingerprint density at radius 1 is 1.11 bits per heavy atom. The third-order valence-electron chi connectivity index (χ3n) is 5.44. The lowest BCUT2D eigenvalue weighted by Gasteiger charge is -2.21. The minimum Gasteiger partial charge on any atom is -0.479 e. The Balaban J connectivity index is 2.10. The molecule has 0 aliphatic carbocycles. The number of halogens is 4. The standard InChI is InChI=1S/C22H27F4N3O6/c1-2-3-4-15(32)28-8-16(33)29-13(7-11-5-6-27-22(11)34)14(31)10-35-21-19(25)17(23)12(9-30)18(24)20(21)26/h11,13,30H,2-10H2,1H3,(H,27,34)(H,28,32)(H,29,33). The van der Waals surface area contributed by atoms with Gasteiger partial charge < -0.3 is 25.8 Å². The van der Waals surface area contributed by atoms with E-state index in [-0.39, 0.29) is 24.7 Å². The van der Waals surface area contributed by atoms with Crippen molar-refractivity contribution in [2.24, 2.45) is 5.92 Å². The first-order valence-electron chi connectivity index (χ1n) is 11.1. The number of unbranched alkanes of at least 4 members (excludes halogenated alkanes) is 1. The molecule has 1 saturated heterocycles. The number of nitrogens with one attached hydrogen (secondary N) is 3. The van der Waals surface area contributed by atoms with E-state index in [1.54, 1.807) is 0 Å². The van der Waals surface area contributed by atoms with E-state index in [1.165, 1.54) is 0 Å². The summed E-state index contributed by atoms with van der Waals surface area (Å²) >= 11 is 0. The van der Waals surface area contributed by atoms with E-state index in [1.807, 2.05) is 6.92 Å². The highest BCUT2D eigenvalue weighted by Gasteiger charge is 2.32. The third-order valence-corrected chi connectivity index (χ3v) is 5.44. The summed E-state index contributed by atoms with van der Waals surface area (Å²) in [6, 6.07) is -1.35. The van der Waals surface area contributed by atoms with Gasteiger partial charge in [0.05, 0.1) is 24.8 Å². The van der Waals surface area contributed by atoms with Crippen LogP contribution in [0.3, 0.4) is 0 Å². The Morgan fingerprint density at radius 3 is 2.31 bits per heavy atom. The minimum atomic E-state index is -1.94. The number of aliphatic hydroxyl groups excluding tert-OH is 1. The molecule has 2 atom stereocenters. The minimum absolute atomic E-state index is 0.166. The van der Waals surface area contributed by atoms with Crippen molar-refractivity contribution in [1.29, 1.82) is 0 Å². The topological polar surface area (TPSA) is 134 Å². The van der Waals surface area contributed by atoms with Crippen LogP contribution in [0.2, 0.25) is 0 Å². The summed E-state index contributed by atoms with van der Waals surface area (Å²) in [6.07, 6.45) is 1.81. The van der Waals surface area contributed by atoms with Crippen LogP contribution >= 0.6 is 0 Å².